The molecule has 0 saturated heterocycles. The number of hydrogen-bond acceptors (Lipinski definition) is 3. The van der Waals surface area contributed by atoms with E-state index < -0.39 is 0 Å². The first-order valence-electron chi connectivity index (χ1n) is 5.58. The molecule has 0 bridgehead atoms. The number of oxazole rings is 1. The van der Waals surface area contributed by atoms with Crippen LogP contribution in [0.3, 0.4) is 0 Å². The van der Waals surface area contributed by atoms with E-state index in [2.05, 4.69) is 16.8 Å². The summed E-state index contributed by atoms with van der Waals surface area (Å²) in [5.74, 6) is 0.178. The number of halogens is 1. The molecule has 0 aliphatic heterocycles. The Kier molecular flexibility index (Phi) is 3.54. The van der Waals surface area contributed by atoms with E-state index in [0.29, 0.717) is 11.5 Å². The Hall–Kier alpha value is -1.68. The summed E-state index contributed by atoms with van der Waals surface area (Å²) in [5, 5.41) is 0. The molecule has 0 amide bonds. The first-order chi connectivity index (χ1) is 8.19. The zero-order valence-corrected chi connectivity index (χ0v) is 9.98. The minimum absolute atomic E-state index is 0.284. The smallest absolute Gasteiger partial charge is 0.226 e. The molecule has 0 N–H and O–H groups in total. The van der Waals surface area contributed by atoms with Crippen molar-refractivity contribution in [2.75, 3.05) is 13.6 Å². The molecule has 1 aromatic heterocycles. The maximum atomic E-state index is 13.0. The Morgan fingerprint density at radius 2 is 2.24 bits per heavy atom. The number of nitrogens with zero attached hydrogens (tertiary/aromatic N) is 2. The second kappa shape index (κ2) is 5.10. The fourth-order valence-corrected chi connectivity index (χ4v) is 1.52. The molecular formula is C13H15FN2O. The summed E-state index contributed by atoms with van der Waals surface area (Å²) in [7, 11) is 2.01. The van der Waals surface area contributed by atoms with E-state index in [1.165, 1.54) is 12.1 Å². The van der Waals surface area contributed by atoms with Crippen LogP contribution in [0.5, 0.6) is 0 Å². The Bertz CT molecular complexity index is 496. The van der Waals surface area contributed by atoms with Crippen molar-refractivity contribution >= 4 is 0 Å². The van der Waals surface area contributed by atoms with Crippen molar-refractivity contribution in [3.05, 3.63) is 42.0 Å². The van der Waals surface area contributed by atoms with E-state index in [9.17, 15) is 4.39 Å². The quantitative estimate of drug-likeness (QED) is 0.814. The lowest BCUT2D eigenvalue weighted by atomic mass is 10.2. The first kappa shape index (κ1) is 11.8. The van der Waals surface area contributed by atoms with Crippen molar-refractivity contribution in [2.45, 2.75) is 13.5 Å². The summed E-state index contributed by atoms with van der Waals surface area (Å²) in [6, 6.07) is 6.24. The van der Waals surface area contributed by atoms with E-state index in [-0.39, 0.29) is 5.82 Å². The average Bonchev–Trinajstić information content (AvgIpc) is 2.77. The topological polar surface area (TPSA) is 29.3 Å². The summed E-state index contributed by atoms with van der Waals surface area (Å²) >= 11 is 0. The summed E-state index contributed by atoms with van der Waals surface area (Å²) in [5.41, 5.74) is 1.52. The van der Waals surface area contributed by atoms with Gasteiger partial charge in [-0.15, -0.1) is 0 Å². The normalized spacial score (nSPS) is 11.1. The second-order valence-corrected chi connectivity index (χ2v) is 3.98. The van der Waals surface area contributed by atoms with Gasteiger partial charge in [-0.25, -0.2) is 9.37 Å². The fraction of sp³-hybridized carbons (Fsp3) is 0.308. The summed E-state index contributed by atoms with van der Waals surface area (Å²) in [6.07, 6.45) is 1.62. The van der Waals surface area contributed by atoms with Crippen molar-refractivity contribution in [2.24, 2.45) is 0 Å². The third kappa shape index (κ3) is 2.91. The third-order valence-corrected chi connectivity index (χ3v) is 2.60. The fourth-order valence-electron chi connectivity index (χ4n) is 1.52. The number of aromatic nitrogens is 1. The van der Waals surface area contributed by atoms with Crippen LogP contribution < -0.4 is 0 Å². The Morgan fingerprint density at radius 3 is 2.94 bits per heavy atom. The highest BCUT2D eigenvalue weighted by Crippen LogP contribution is 2.19. The Morgan fingerprint density at radius 1 is 1.41 bits per heavy atom. The average molecular weight is 234 g/mol. The lowest BCUT2D eigenvalue weighted by Crippen LogP contribution is -2.16. The van der Waals surface area contributed by atoms with Gasteiger partial charge in [-0.2, -0.15) is 0 Å². The van der Waals surface area contributed by atoms with Crippen molar-refractivity contribution < 1.29 is 8.81 Å². The van der Waals surface area contributed by atoms with Crippen LogP contribution in [-0.4, -0.2) is 23.5 Å². The minimum Gasteiger partial charge on any atom is -0.444 e. The van der Waals surface area contributed by atoms with Gasteiger partial charge in [-0.3, -0.25) is 0 Å². The monoisotopic (exact) mass is 234 g/mol. The molecule has 1 aromatic carbocycles. The molecule has 2 aromatic rings. The minimum atomic E-state index is -0.284. The molecule has 17 heavy (non-hydrogen) atoms. The second-order valence-electron chi connectivity index (χ2n) is 3.98. The van der Waals surface area contributed by atoms with Gasteiger partial charge < -0.3 is 9.32 Å². The number of benzene rings is 1. The number of hydrogen-bond donors (Lipinski definition) is 0. The molecule has 0 unspecified atom stereocenters. The van der Waals surface area contributed by atoms with Gasteiger partial charge in [0.2, 0.25) is 5.89 Å². The zero-order valence-electron chi connectivity index (χ0n) is 9.98. The van der Waals surface area contributed by atoms with Crippen LogP contribution in [0.2, 0.25) is 0 Å². The maximum absolute atomic E-state index is 13.0. The van der Waals surface area contributed by atoms with E-state index in [1.807, 2.05) is 7.05 Å². The lowest BCUT2D eigenvalue weighted by molar-refractivity contribution is 0.341. The van der Waals surface area contributed by atoms with Gasteiger partial charge in [-0.1, -0.05) is 13.0 Å². The van der Waals surface area contributed by atoms with Crippen LogP contribution >= 0.6 is 0 Å². The molecule has 2 rings (SSSR count). The molecule has 90 valence electrons. The van der Waals surface area contributed by atoms with Crippen molar-refractivity contribution in [1.29, 1.82) is 0 Å². The summed E-state index contributed by atoms with van der Waals surface area (Å²) in [6.45, 7) is 3.76. The van der Waals surface area contributed by atoms with E-state index in [4.69, 9.17) is 4.42 Å². The molecular weight excluding hydrogens is 219 g/mol. The Labute approximate surface area is 99.9 Å². The predicted octanol–water partition coefficient (Wildman–Crippen LogP) is 2.93. The highest BCUT2D eigenvalue weighted by Gasteiger charge is 2.08. The van der Waals surface area contributed by atoms with E-state index >= 15 is 0 Å². The van der Waals surface area contributed by atoms with Crippen molar-refractivity contribution in [1.82, 2.24) is 9.88 Å². The van der Waals surface area contributed by atoms with Crippen molar-refractivity contribution in [3.8, 4) is 11.5 Å². The standard InChI is InChI=1S/C13H15FN2O/c1-3-16(2)8-12-9-17-13(15-12)10-5-4-6-11(14)7-10/h4-7,9H,3,8H2,1-2H3. The maximum Gasteiger partial charge on any atom is 0.226 e. The lowest BCUT2D eigenvalue weighted by Gasteiger charge is -2.10. The van der Waals surface area contributed by atoms with Crippen LogP contribution in [0.4, 0.5) is 4.39 Å². The van der Waals surface area contributed by atoms with Crippen LogP contribution in [-0.2, 0) is 6.54 Å². The molecule has 0 atom stereocenters. The highest BCUT2D eigenvalue weighted by atomic mass is 19.1. The zero-order chi connectivity index (χ0) is 12.3. The van der Waals surface area contributed by atoms with Crippen molar-refractivity contribution in [3.63, 3.8) is 0 Å². The predicted molar refractivity (Wildman–Crippen MR) is 63.9 cm³/mol. The highest BCUT2D eigenvalue weighted by molar-refractivity contribution is 5.52. The van der Waals surface area contributed by atoms with Crippen LogP contribution in [0.15, 0.2) is 34.9 Å². The molecule has 4 heteroatoms. The molecule has 1 heterocycles. The molecule has 3 nitrogen and oxygen atoms in total. The molecule has 0 saturated carbocycles. The molecule has 0 aliphatic carbocycles. The summed E-state index contributed by atoms with van der Waals surface area (Å²) in [4.78, 5) is 6.45. The Balaban J connectivity index is 2.18. The van der Waals surface area contributed by atoms with Gasteiger partial charge in [-0.05, 0) is 31.8 Å². The summed E-state index contributed by atoms with van der Waals surface area (Å²) < 4.78 is 18.4. The van der Waals surface area contributed by atoms with E-state index in [1.54, 1.807) is 18.4 Å². The van der Waals surface area contributed by atoms with Gasteiger partial charge in [0.1, 0.15) is 12.1 Å². The molecule has 0 fully saturated rings. The SMILES string of the molecule is CCN(C)Cc1coc(-c2cccc(F)c2)n1. The molecule has 0 radical (unpaired) electrons. The molecule has 0 spiro atoms. The van der Waals surface area contributed by atoms with Gasteiger partial charge in [0.25, 0.3) is 0 Å². The van der Waals surface area contributed by atoms with Gasteiger partial charge in [0.15, 0.2) is 0 Å². The van der Waals surface area contributed by atoms with Gasteiger partial charge in [0.05, 0.1) is 5.69 Å². The van der Waals surface area contributed by atoms with Crippen LogP contribution in [0.25, 0.3) is 11.5 Å². The first-order valence-corrected chi connectivity index (χ1v) is 5.58. The molecule has 0 aliphatic rings. The number of rotatable bonds is 4. The van der Waals surface area contributed by atoms with Gasteiger partial charge in [0, 0.05) is 12.1 Å². The largest absolute Gasteiger partial charge is 0.444 e. The van der Waals surface area contributed by atoms with Crippen LogP contribution in [0.1, 0.15) is 12.6 Å². The van der Waals surface area contributed by atoms with Crippen LogP contribution in [0, 0.1) is 5.82 Å². The van der Waals surface area contributed by atoms with Gasteiger partial charge >= 0.3 is 0 Å². The van der Waals surface area contributed by atoms with E-state index in [0.717, 1.165) is 18.8 Å². The third-order valence-electron chi connectivity index (χ3n) is 2.60.